The van der Waals surface area contributed by atoms with Gasteiger partial charge in [0, 0.05) is 25.2 Å². The van der Waals surface area contributed by atoms with Crippen molar-refractivity contribution in [2.45, 2.75) is 65.4 Å². The highest BCUT2D eigenvalue weighted by Gasteiger charge is 2.50. The lowest BCUT2D eigenvalue weighted by Gasteiger charge is -2.43. The molecule has 9 heteroatoms. The number of anilines is 1. The molecule has 1 saturated heterocycles. The highest BCUT2D eigenvalue weighted by molar-refractivity contribution is 6.99. The van der Waals surface area contributed by atoms with E-state index in [-0.39, 0.29) is 35.1 Å². The van der Waals surface area contributed by atoms with Crippen LogP contribution in [0.2, 0.25) is 5.04 Å². The van der Waals surface area contributed by atoms with Gasteiger partial charge in [0.15, 0.2) is 11.5 Å². The fourth-order valence-corrected chi connectivity index (χ4v) is 10.8. The zero-order valence-corrected chi connectivity index (χ0v) is 26.2. The zero-order valence-electron chi connectivity index (χ0n) is 25.2. The number of morpholine rings is 1. The van der Waals surface area contributed by atoms with Gasteiger partial charge in [-0.05, 0) is 42.2 Å². The van der Waals surface area contributed by atoms with Crippen LogP contribution in [-0.4, -0.2) is 51.2 Å². The number of benzene rings is 3. The molecule has 0 unspecified atom stereocenters. The van der Waals surface area contributed by atoms with E-state index in [0.717, 1.165) is 10.4 Å². The second-order valence-electron chi connectivity index (χ2n) is 12.1. The Morgan fingerprint density at radius 1 is 1.05 bits per heavy atom. The number of nitrogens with one attached hydrogen (secondary N) is 1. The van der Waals surface area contributed by atoms with Gasteiger partial charge in [-0.25, -0.2) is 4.39 Å². The Kier molecular flexibility index (Phi) is 8.55. The highest BCUT2D eigenvalue weighted by atomic mass is 28.4. The normalized spacial score (nSPS) is 17.9. The minimum Gasteiger partial charge on any atom is -0.403 e. The number of nitrogens with zero attached hydrogens (tertiary/aromatic N) is 2. The number of rotatable bonds is 8. The summed E-state index contributed by atoms with van der Waals surface area (Å²) in [5, 5.41) is 9.06. The second kappa shape index (κ2) is 12.0. The van der Waals surface area contributed by atoms with E-state index in [1.165, 1.54) is 0 Å². The number of hydrogen-bond donors (Lipinski definition) is 1. The molecule has 3 aromatic carbocycles. The third kappa shape index (κ3) is 5.48. The summed E-state index contributed by atoms with van der Waals surface area (Å²) in [5.41, 5.74) is 1.07. The van der Waals surface area contributed by atoms with E-state index in [2.05, 4.69) is 55.5 Å². The van der Waals surface area contributed by atoms with Crippen molar-refractivity contribution < 1.29 is 22.9 Å². The van der Waals surface area contributed by atoms with E-state index in [0.29, 0.717) is 36.3 Å². The van der Waals surface area contributed by atoms with Gasteiger partial charge in [0.05, 0.1) is 29.9 Å². The molecule has 222 valence electrons. The van der Waals surface area contributed by atoms with Crippen molar-refractivity contribution in [1.29, 1.82) is 0 Å². The van der Waals surface area contributed by atoms with Crippen LogP contribution in [-0.2, 0) is 15.8 Å². The largest absolute Gasteiger partial charge is 0.403 e. The Morgan fingerprint density at radius 2 is 1.62 bits per heavy atom. The average Bonchev–Trinajstić information content (AvgIpc) is 3.38. The van der Waals surface area contributed by atoms with Gasteiger partial charge < -0.3 is 23.9 Å². The molecular weight excluding hydrogens is 549 g/mol. The summed E-state index contributed by atoms with van der Waals surface area (Å²) >= 11 is 0. The number of ether oxygens (including phenoxy) is 1. The topological polar surface area (TPSA) is 76.8 Å². The zero-order chi connectivity index (χ0) is 30.1. The summed E-state index contributed by atoms with van der Waals surface area (Å²) in [7, 11) is -2.93. The number of fused-ring (bicyclic) bond motifs is 1. The molecule has 0 spiro atoms. The van der Waals surface area contributed by atoms with Gasteiger partial charge in [-0.3, -0.25) is 4.79 Å². The maximum Gasteiger partial charge on any atom is 0.274 e. The van der Waals surface area contributed by atoms with Crippen LogP contribution < -0.4 is 20.6 Å². The lowest BCUT2D eigenvalue weighted by Crippen LogP contribution is -2.66. The van der Waals surface area contributed by atoms with Crippen LogP contribution in [0.4, 0.5) is 10.1 Å². The van der Waals surface area contributed by atoms with Crippen LogP contribution in [0.25, 0.3) is 11.0 Å². The Hall–Kier alpha value is -3.53. The molecule has 42 heavy (non-hydrogen) atoms. The van der Waals surface area contributed by atoms with Crippen LogP contribution >= 0.6 is 0 Å². The number of carbonyl (C=O) groups excluding carboxylic acids is 1. The van der Waals surface area contributed by atoms with Crippen molar-refractivity contribution in [2.24, 2.45) is 0 Å². The third-order valence-corrected chi connectivity index (χ3v) is 12.9. The van der Waals surface area contributed by atoms with Crippen LogP contribution in [0.15, 0.2) is 71.3 Å². The molecule has 7 nitrogen and oxygen atoms in total. The molecule has 0 bridgehead atoms. The van der Waals surface area contributed by atoms with Crippen molar-refractivity contribution >= 4 is 41.3 Å². The van der Waals surface area contributed by atoms with Gasteiger partial charge >= 0.3 is 0 Å². The summed E-state index contributed by atoms with van der Waals surface area (Å²) in [6.45, 7) is 14.0. The molecule has 0 aliphatic carbocycles. The molecule has 2 atom stereocenters. The number of carbonyl (C=O) groups is 1. The fraction of sp³-hybridized carbons (Fsp3) is 0.394. The van der Waals surface area contributed by atoms with Crippen LogP contribution in [0.5, 0.6) is 0 Å². The molecule has 2 heterocycles. The van der Waals surface area contributed by atoms with Crippen LogP contribution in [0, 0.1) is 5.82 Å². The SMILES string of the molecule is CCNC(=O)c1noc2c(F)c(N3C[C@@H](C)O[C@@H](C)C3)c(CO[Si](c3ccccc3)(c3ccccc3)C(C)(C)C)cc12. The molecule has 1 fully saturated rings. The molecule has 0 radical (unpaired) electrons. The van der Waals surface area contributed by atoms with Gasteiger partial charge in [0.2, 0.25) is 5.58 Å². The molecular formula is C33H40FN3O4Si. The van der Waals surface area contributed by atoms with E-state index in [1.54, 1.807) is 0 Å². The molecule has 5 rings (SSSR count). The minimum absolute atomic E-state index is 0.0350. The fourth-order valence-electron chi connectivity index (χ4n) is 6.25. The quantitative estimate of drug-likeness (QED) is 0.277. The molecule has 0 saturated carbocycles. The summed E-state index contributed by atoms with van der Waals surface area (Å²) in [5.74, 6) is -0.950. The molecule has 1 N–H and O–H groups in total. The standard InChI is InChI=1S/C33H40FN3O4Si/c1-7-35-32(38)29-27-18-24(30(28(34)31(27)41-36-29)37-19-22(2)40-23(3)20-37)21-39-42(33(4,5)6,25-14-10-8-11-15-25)26-16-12-9-13-17-26/h8-18,22-23H,7,19-21H2,1-6H3,(H,35,38)/t22-,23+. The Balaban J connectivity index is 1.69. The van der Waals surface area contributed by atoms with E-state index in [1.807, 2.05) is 68.1 Å². The van der Waals surface area contributed by atoms with Gasteiger partial charge in [-0.1, -0.05) is 86.6 Å². The average molecular weight is 590 g/mol. The van der Waals surface area contributed by atoms with E-state index < -0.39 is 20.0 Å². The Labute approximate surface area is 248 Å². The Bertz CT molecular complexity index is 1490. The summed E-state index contributed by atoms with van der Waals surface area (Å²) in [4.78, 5) is 14.8. The van der Waals surface area contributed by atoms with Crippen molar-refractivity contribution in [1.82, 2.24) is 10.5 Å². The number of aromatic nitrogens is 1. The number of hydrogen-bond acceptors (Lipinski definition) is 6. The molecule has 1 amide bonds. The van der Waals surface area contributed by atoms with Crippen molar-refractivity contribution in [3.05, 3.63) is 83.8 Å². The minimum atomic E-state index is -2.93. The molecule has 1 aliphatic heterocycles. The lowest BCUT2D eigenvalue weighted by atomic mass is 10.1. The summed E-state index contributed by atoms with van der Waals surface area (Å²) < 4.78 is 35.2. The first kappa shape index (κ1) is 29.9. The first-order valence-electron chi connectivity index (χ1n) is 14.6. The lowest BCUT2D eigenvalue weighted by molar-refractivity contribution is -0.00549. The van der Waals surface area contributed by atoms with Gasteiger partial charge in [0.25, 0.3) is 14.2 Å². The van der Waals surface area contributed by atoms with Gasteiger partial charge in [-0.15, -0.1) is 0 Å². The second-order valence-corrected chi connectivity index (χ2v) is 16.4. The van der Waals surface area contributed by atoms with Crippen molar-refractivity contribution in [2.75, 3.05) is 24.5 Å². The highest BCUT2D eigenvalue weighted by Crippen LogP contribution is 2.40. The number of halogens is 1. The smallest absolute Gasteiger partial charge is 0.274 e. The number of amides is 1. The third-order valence-electron chi connectivity index (χ3n) is 7.91. The predicted octanol–water partition coefficient (Wildman–Crippen LogP) is 5.41. The van der Waals surface area contributed by atoms with Crippen molar-refractivity contribution in [3.8, 4) is 0 Å². The first-order chi connectivity index (χ1) is 20.1. The molecule has 1 aromatic heterocycles. The van der Waals surface area contributed by atoms with E-state index in [9.17, 15) is 4.79 Å². The van der Waals surface area contributed by atoms with Gasteiger partial charge in [0.1, 0.15) is 0 Å². The summed E-state index contributed by atoms with van der Waals surface area (Å²) in [6.07, 6.45) is -0.176. The maximum atomic E-state index is 16.5. The van der Waals surface area contributed by atoms with Crippen molar-refractivity contribution in [3.63, 3.8) is 0 Å². The maximum absolute atomic E-state index is 16.5. The van der Waals surface area contributed by atoms with Gasteiger partial charge in [-0.2, -0.15) is 0 Å². The first-order valence-corrected chi connectivity index (χ1v) is 16.5. The Morgan fingerprint density at radius 3 is 2.14 bits per heavy atom. The van der Waals surface area contributed by atoms with Crippen LogP contribution in [0.3, 0.4) is 0 Å². The van der Waals surface area contributed by atoms with E-state index >= 15 is 4.39 Å². The van der Waals surface area contributed by atoms with Crippen LogP contribution in [0.1, 0.15) is 57.6 Å². The predicted molar refractivity (Wildman–Crippen MR) is 167 cm³/mol. The monoisotopic (exact) mass is 589 g/mol. The van der Waals surface area contributed by atoms with E-state index in [4.69, 9.17) is 13.7 Å². The molecule has 4 aromatic rings. The summed E-state index contributed by atoms with van der Waals surface area (Å²) in [6, 6.07) is 22.5. The molecule has 1 aliphatic rings.